The largest absolute Gasteiger partial charge is 0.393 e. The summed E-state index contributed by atoms with van der Waals surface area (Å²) in [5, 5.41) is 9.86. The highest BCUT2D eigenvalue weighted by atomic mass is 16.3. The highest BCUT2D eigenvalue weighted by Gasteiger charge is 2.13. The van der Waals surface area contributed by atoms with Gasteiger partial charge in [-0.3, -0.25) is 0 Å². The van der Waals surface area contributed by atoms with E-state index >= 15 is 0 Å². The van der Waals surface area contributed by atoms with Crippen LogP contribution in [0.1, 0.15) is 104 Å². The van der Waals surface area contributed by atoms with Crippen LogP contribution in [0.15, 0.2) is 0 Å². The van der Waals surface area contributed by atoms with Crippen LogP contribution < -0.4 is 0 Å². The second kappa shape index (κ2) is 14.4. The van der Waals surface area contributed by atoms with Crippen molar-refractivity contribution in [2.75, 3.05) is 0 Å². The van der Waals surface area contributed by atoms with E-state index in [4.69, 9.17) is 0 Å². The summed E-state index contributed by atoms with van der Waals surface area (Å²) in [6.45, 7) is 6.51. The molecular weight excluding hydrogens is 232 g/mol. The first-order valence-electron chi connectivity index (χ1n) is 8.90. The molecule has 0 saturated heterocycles. The Balaban J connectivity index is 3.51. The molecule has 0 heterocycles. The first-order valence-corrected chi connectivity index (χ1v) is 8.90. The van der Waals surface area contributed by atoms with E-state index in [1.165, 1.54) is 83.5 Å². The quantitative estimate of drug-likeness (QED) is 0.378. The number of unbranched alkanes of at least 4 members (excludes halogenated alkanes) is 9. The highest BCUT2D eigenvalue weighted by Crippen LogP contribution is 2.22. The van der Waals surface area contributed by atoms with Gasteiger partial charge < -0.3 is 5.11 Å². The Bertz CT molecular complexity index is 165. The molecule has 116 valence electrons. The van der Waals surface area contributed by atoms with Gasteiger partial charge in [-0.1, -0.05) is 84.5 Å². The average molecular weight is 271 g/mol. The Labute approximate surface area is 122 Å². The van der Waals surface area contributed by atoms with Crippen LogP contribution in [0.3, 0.4) is 0 Å². The van der Waals surface area contributed by atoms with Gasteiger partial charge in [-0.2, -0.15) is 0 Å². The van der Waals surface area contributed by atoms with Gasteiger partial charge in [0.25, 0.3) is 0 Å². The van der Waals surface area contributed by atoms with E-state index in [9.17, 15) is 5.11 Å². The first kappa shape index (κ1) is 19.0. The zero-order valence-corrected chi connectivity index (χ0v) is 13.8. The van der Waals surface area contributed by atoms with Crippen LogP contribution in [0.2, 0.25) is 0 Å². The SMILES string of the molecule is CCCCCCCCC(CCCCCCC)C(C)O. The summed E-state index contributed by atoms with van der Waals surface area (Å²) in [6.07, 6.45) is 17.3. The second-order valence-corrected chi connectivity index (χ2v) is 6.26. The zero-order valence-electron chi connectivity index (χ0n) is 13.8. The number of rotatable bonds is 14. The van der Waals surface area contributed by atoms with Crippen LogP contribution in [0, 0.1) is 5.92 Å². The van der Waals surface area contributed by atoms with Gasteiger partial charge in [-0.15, -0.1) is 0 Å². The van der Waals surface area contributed by atoms with Crippen molar-refractivity contribution in [2.45, 2.75) is 110 Å². The second-order valence-electron chi connectivity index (χ2n) is 6.26. The van der Waals surface area contributed by atoms with E-state index in [-0.39, 0.29) is 6.10 Å². The van der Waals surface area contributed by atoms with Gasteiger partial charge in [0, 0.05) is 0 Å². The molecule has 0 aliphatic carbocycles. The van der Waals surface area contributed by atoms with E-state index in [2.05, 4.69) is 13.8 Å². The topological polar surface area (TPSA) is 20.2 Å². The van der Waals surface area contributed by atoms with Crippen molar-refractivity contribution in [3.8, 4) is 0 Å². The summed E-state index contributed by atoms with van der Waals surface area (Å²) in [6, 6.07) is 0. The van der Waals surface area contributed by atoms with E-state index in [0.29, 0.717) is 5.92 Å². The third-order valence-corrected chi connectivity index (χ3v) is 4.29. The minimum Gasteiger partial charge on any atom is -0.393 e. The van der Waals surface area contributed by atoms with Gasteiger partial charge in [0.2, 0.25) is 0 Å². The van der Waals surface area contributed by atoms with Gasteiger partial charge >= 0.3 is 0 Å². The molecule has 0 aromatic rings. The molecule has 0 rings (SSSR count). The van der Waals surface area contributed by atoms with E-state index in [1.54, 1.807) is 0 Å². The molecule has 0 aromatic heterocycles. The molecule has 2 atom stereocenters. The Morgan fingerprint density at radius 2 is 1.00 bits per heavy atom. The minimum absolute atomic E-state index is 0.109. The summed E-state index contributed by atoms with van der Waals surface area (Å²) in [5.41, 5.74) is 0. The fraction of sp³-hybridized carbons (Fsp3) is 1.00. The van der Waals surface area contributed by atoms with E-state index in [1.807, 2.05) is 6.92 Å². The third kappa shape index (κ3) is 12.7. The lowest BCUT2D eigenvalue weighted by Gasteiger charge is -2.19. The Morgan fingerprint density at radius 1 is 0.632 bits per heavy atom. The summed E-state index contributed by atoms with van der Waals surface area (Å²) < 4.78 is 0. The maximum absolute atomic E-state index is 9.86. The van der Waals surface area contributed by atoms with Gasteiger partial charge in [0.15, 0.2) is 0 Å². The molecule has 1 nitrogen and oxygen atoms in total. The summed E-state index contributed by atoms with van der Waals surface area (Å²) >= 11 is 0. The lowest BCUT2D eigenvalue weighted by Crippen LogP contribution is -2.16. The van der Waals surface area contributed by atoms with Crippen LogP contribution in [0.4, 0.5) is 0 Å². The number of hydrogen-bond donors (Lipinski definition) is 1. The summed E-state index contributed by atoms with van der Waals surface area (Å²) in [5.74, 6) is 0.549. The van der Waals surface area contributed by atoms with Crippen molar-refractivity contribution in [3.05, 3.63) is 0 Å². The highest BCUT2D eigenvalue weighted by molar-refractivity contribution is 4.65. The van der Waals surface area contributed by atoms with Gasteiger partial charge in [0.05, 0.1) is 6.10 Å². The molecule has 0 fully saturated rings. The molecule has 1 N–H and O–H groups in total. The minimum atomic E-state index is -0.109. The summed E-state index contributed by atoms with van der Waals surface area (Å²) in [7, 11) is 0. The van der Waals surface area contributed by atoms with Crippen LogP contribution in [-0.4, -0.2) is 11.2 Å². The number of aliphatic hydroxyl groups excluding tert-OH is 1. The zero-order chi connectivity index (χ0) is 14.3. The lowest BCUT2D eigenvalue weighted by atomic mass is 9.90. The lowest BCUT2D eigenvalue weighted by molar-refractivity contribution is 0.111. The monoisotopic (exact) mass is 270 g/mol. The van der Waals surface area contributed by atoms with Crippen LogP contribution in [0.25, 0.3) is 0 Å². The normalized spacial score (nSPS) is 14.5. The summed E-state index contributed by atoms with van der Waals surface area (Å²) in [4.78, 5) is 0. The van der Waals surface area contributed by atoms with Crippen molar-refractivity contribution >= 4 is 0 Å². The molecule has 0 aliphatic heterocycles. The molecule has 0 bridgehead atoms. The Hall–Kier alpha value is -0.0400. The molecule has 0 aliphatic rings. The number of aliphatic hydroxyl groups is 1. The molecule has 19 heavy (non-hydrogen) atoms. The number of hydrogen-bond acceptors (Lipinski definition) is 1. The maximum atomic E-state index is 9.86. The third-order valence-electron chi connectivity index (χ3n) is 4.29. The standard InChI is InChI=1S/C18H38O/c1-4-6-8-10-12-14-16-18(17(3)19)15-13-11-9-7-5-2/h17-19H,4-16H2,1-3H3. The van der Waals surface area contributed by atoms with E-state index < -0.39 is 0 Å². The molecular formula is C18H38O. The molecule has 0 aromatic carbocycles. The van der Waals surface area contributed by atoms with Crippen molar-refractivity contribution in [1.82, 2.24) is 0 Å². The van der Waals surface area contributed by atoms with Crippen molar-refractivity contribution in [1.29, 1.82) is 0 Å². The fourth-order valence-electron chi connectivity index (χ4n) is 2.82. The van der Waals surface area contributed by atoms with Crippen molar-refractivity contribution in [2.24, 2.45) is 5.92 Å². The van der Waals surface area contributed by atoms with Crippen LogP contribution in [-0.2, 0) is 0 Å². The molecule has 0 amide bonds. The van der Waals surface area contributed by atoms with Crippen molar-refractivity contribution < 1.29 is 5.11 Å². The van der Waals surface area contributed by atoms with E-state index in [0.717, 1.165) is 0 Å². The molecule has 0 saturated carbocycles. The fourth-order valence-corrected chi connectivity index (χ4v) is 2.82. The smallest absolute Gasteiger partial charge is 0.0540 e. The molecule has 1 heteroatoms. The predicted molar refractivity (Wildman–Crippen MR) is 86.5 cm³/mol. The van der Waals surface area contributed by atoms with Gasteiger partial charge in [-0.25, -0.2) is 0 Å². The maximum Gasteiger partial charge on any atom is 0.0540 e. The average Bonchev–Trinajstić information content (AvgIpc) is 2.39. The van der Waals surface area contributed by atoms with Crippen LogP contribution >= 0.6 is 0 Å². The Kier molecular flexibility index (Phi) is 14.3. The van der Waals surface area contributed by atoms with Crippen molar-refractivity contribution in [3.63, 3.8) is 0 Å². The Morgan fingerprint density at radius 3 is 1.37 bits per heavy atom. The molecule has 0 spiro atoms. The van der Waals surface area contributed by atoms with Gasteiger partial charge in [-0.05, 0) is 25.7 Å². The molecule has 0 radical (unpaired) electrons. The molecule has 2 unspecified atom stereocenters. The van der Waals surface area contributed by atoms with Crippen LogP contribution in [0.5, 0.6) is 0 Å². The predicted octanol–water partition coefficient (Wildman–Crippen LogP) is 6.09. The first-order chi connectivity index (χ1) is 9.22. The van der Waals surface area contributed by atoms with Gasteiger partial charge in [0.1, 0.15) is 0 Å².